The first-order valence-corrected chi connectivity index (χ1v) is 7.05. The molecule has 0 amide bonds. The van der Waals surface area contributed by atoms with Gasteiger partial charge in [0.2, 0.25) is 0 Å². The largest absolute Gasteiger partial charge is 0.481 e. The molecule has 1 aromatic carbocycles. The minimum absolute atomic E-state index is 0.489. The van der Waals surface area contributed by atoms with Crippen molar-refractivity contribution in [3.8, 4) is 0 Å². The minimum atomic E-state index is -0.724. The Hall–Kier alpha value is -1.88. The molecule has 20 heavy (non-hydrogen) atoms. The SMILES string of the molecule is CCn1nc(CC2(C(=O)O)CCNC2)c2ccccc21. The van der Waals surface area contributed by atoms with Crippen LogP contribution in [-0.4, -0.2) is 33.9 Å². The van der Waals surface area contributed by atoms with Gasteiger partial charge in [-0.2, -0.15) is 5.10 Å². The molecule has 1 unspecified atom stereocenters. The van der Waals surface area contributed by atoms with E-state index in [1.807, 2.05) is 35.9 Å². The predicted molar refractivity (Wildman–Crippen MR) is 76.7 cm³/mol. The van der Waals surface area contributed by atoms with Gasteiger partial charge in [0.05, 0.1) is 16.6 Å². The van der Waals surface area contributed by atoms with E-state index in [1.165, 1.54) is 0 Å². The van der Waals surface area contributed by atoms with Crippen LogP contribution < -0.4 is 5.32 Å². The second-order valence-electron chi connectivity index (χ2n) is 5.47. The van der Waals surface area contributed by atoms with Crippen LogP contribution in [0.4, 0.5) is 0 Å². The number of aryl methyl sites for hydroxylation is 1. The highest BCUT2D eigenvalue weighted by Gasteiger charge is 2.42. The van der Waals surface area contributed by atoms with Crippen LogP contribution in [0.5, 0.6) is 0 Å². The summed E-state index contributed by atoms with van der Waals surface area (Å²) in [5, 5.41) is 18.5. The maximum Gasteiger partial charge on any atom is 0.311 e. The maximum absolute atomic E-state index is 11.7. The molecule has 2 aromatic rings. The van der Waals surface area contributed by atoms with Gasteiger partial charge in [-0.3, -0.25) is 9.48 Å². The van der Waals surface area contributed by atoms with Crippen molar-refractivity contribution in [2.75, 3.05) is 13.1 Å². The Morgan fingerprint density at radius 3 is 2.95 bits per heavy atom. The highest BCUT2D eigenvalue weighted by atomic mass is 16.4. The summed E-state index contributed by atoms with van der Waals surface area (Å²) < 4.78 is 1.95. The van der Waals surface area contributed by atoms with Gasteiger partial charge in [0, 0.05) is 24.9 Å². The summed E-state index contributed by atoms with van der Waals surface area (Å²) in [7, 11) is 0. The molecule has 1 aliphatic heterocycles. The third-order valence-electron chi connectivity index (χ3n) is 4.24. The second kappa shape index (κ2) is 4.90. The van der Waals surface area contributed by atoms with E-state index in [-0.39, 0.29) is 0 Å². The lowest BCUT2D eigenvalue weighted by Crippen LogP contribution is -2.35. The Morgan fingerprint density at radius 1 is 1.50 bits per heavy atom. The summed E-state index contributed by atoms with van der Waals surface area (Å²) in [6, 6.07) is 8.04. The zero-order valence-corrected chi connectivity index (χ0v) is 11.6. The van der Waals surface area contributed by atoms with Gasteiger partial charge in [-0.1, -0.05) is 18.2 Å². The van der Waals surface area contributed by atoms with Crippen molar-refractivity contribution in [2.24, 2.45) is 5.41 Å². The van der Waals surface area contributed by atoms with E-state index in [2.05, 4.69) is 10.4 Å². The molecule has 0 saturated carbocycles. The van der Waals surface area contributed by atoms with Crippen LogP contribution in [0.1, 0.15) is 19.0 Å². The fraction of sp³-hybridized carbons (Fsp3) is 0.467. The highest BCUT2D eigenvalue weighted by molar-refractivity contribution is 5.83. The van der Waals surface area contributed by atoms with Crippen molar-refractivity contribution in [3.63, 3.8) is 0 Å². The maximum atomic E-state index is 11.7. The molecule has 1 aromatic heterocycles. The lowest BCUT2D eigenvalue weighted by Gasteiger charge is -2.21. The molecule has 1 saturated heterocycles. The molecule has 0 spiro atoms. The second-order valence-corrected chi connectivity index (χ2v) is 5.47. The fourth-order valence-electron chi connectivity index (χ4n) is 3.04. The van der Waals surface area contributed by atoms with Gasteiger partial charge in [-0.05, 0) is 26.0 Å². The van der Waals surface area contributed by atoms with Crippen LogP contribution >= 0.6 is 0 Å². The van der Waals surface area contributed by atoms with Crippen LogP contribution in [-0.2, 0) is 17.8 Å². The van der Waals surface area contributed by atoms with E-state index in [0.29, 0.717) is 19.4 Å². The average Bonchev–Trinajstić information content (AvgIpc) is 3.06. The summed E-state index contributed by atoms with van der Waals surface area (Å²) >= 11 is 0. The van der Waals surface area contributed by atoms with Crippen LogP contribution in [0.2, 0.25) is 0 Å². The molecular formula is C15H19N3O2. The Bertz CT molecular complexity index is 642. The van der Waals surface area contributed by atoms with Gasteiger partial charge >= 0.3 is 5.97 Å². The molecule has 0 bridgehead atoms. The van der Waals surface area contributed by atoms with E-state index >= 15 is 0 Å². The molecule has 2 N–H and O–H groups in total. The monoisotopic (exact) mass is 273 g/mol. The number of carboxylic acid groups (broad SMARTS) is 1. The molecular weight excluding hydrogens is 254 g/mol. The third-order valence-corrected chi connectivity index (χ3v) is 4.24. The van der Waals surface area contributed by atoms with E-state index in [9.17, 15) is 9.90 Å². The molecule has 1 aliphatic rings. The predicted octanol–water partition coefficient (Wildman–Crippen LogP) is 1.66. The number of benzene rings is 1. The number of hydrogen-bond donors (Lipinski definition) is 2. The van der Waals surface area contributed by atoms with Gasteiger partial charge in [0.15, 0.2) is 0 Å². The first kappa shape index (κ1) is 13.1. The van der Waals surface area contributed by atoms with Crippen LogP contribution in [0.3, 0.4) is 0 Å². The third kappa shape index (κ3) is 1.98. The Balaban J connectivity index is 2.04. The number of para-hydroxylation sites is 1. The van der Waals surface area contributed by atoms with Gasteiger partial charge < -0.3 is 10.4 Å². The lowest BCUT2D eigenvalue weighted by molar-refractivity contribution is -0.147. The Morgan fingerprint density at radius 2 is 2.30 bits per heavy atom. The number of aliphatic carboxylic acids is 1. The van der Waals surface area contributed by atoms with Crippen LogP contribution in [0.15, 0.2) is 24.3 Å². The number of nitrogens with zero attached hydrogens (tertiary/aromatic N) is 2. The van der Waals surface area contributed by atoms with Crippen molar-refractivity contribution >= 4 is 16.9 Å². The normalized spacial score (nSPS) is 22.4. The fourth-order valence-corrected chi connectivity index (χ4v) is 3.04. The molecule has 0 radical (unpaired) electrons. The van der Waals surface area contributed by atoms with E-state index in [4.69, 9.17) is 0 Å². The molecule has 3 rings (SSSR count). The Labute approximate surface area is 117 Å². The van der Waals surface area contributed by atoms with Crippen LogP contribution in [0, 0.1) is 5.41 Å². The summed E-state index contributed by atoms with van der Waals surface area (Å²) in [6.07, 6.45) is 1.15. The first-order chi connectivity index (χ1) is 9.66. The molecule has 2 heterocycles. The number of aromatic nitrogens is 2. The molecule has 5 heteroatoms. The molecule has 1 atom stereocenters. The van der Waals surface area contributed by atoms with Crippen molar-refractivity contribution in [1.29, 1.82) is 0 Å². The zero-order chi connectivity index (χ0) is 14.2. The number of carboxylic acids is 1. The van der Waals surface area contributed by atoms with E-state index < -0.39 is 11.4 Å². The number of hydrogen-bond acceptors (Lipinski definition) is 3. The van der Waals surface area contributed by atoms with Crippen molar-refractivity contribution < 1.29 is 9.90 Å². The van der Waals surface area contributed by atoms with Gasteiger partial charge in [-0.25, -0.2) is 0 Å². The number of fused-ring (bicyclic) bond motifs is 1. The molecule has 5 nitrogen and oxygen atoms in total. The molecule has 0 aliphatic carbocycles. The summed E-state index contributed by atoms with van der Waals surface area (Å²) in [5.41, 5.74) is 1.26. The zero-order valence-electron chi connectivity index (χ0n) is 11.6. The van der Waals surface area contributed by atoms with Crippen molar-refractivity contribution in [1.82, 2.24) is 15.1 Å². The topological polar surface area (TPSA) is 67.2 Å². The van der Waals surface area contributed by atoms with E-state index in [0.717, 1.165) is 29.7 Å². The number of rotatable bonds is 4. The van der Waals surface area contributed by atoms with Crippen LogP contribution in [0.25, 0.3) is 10.9 Å². The van der Waals surface area contributed by atoms with E-state index in [1.54, 1.807) is 0 Å². The first-order valence-electron chi connectivity index (χ1n) is 7.05. The summed E-state index contributed by atoms with van der Waals surface area (Å²) in [6.45, 7) is 4.13. The summed E-state index contributed by atoms with van der Waals surface area (Å²) in [5.74, 6) is -0.724. The number of nitrogens with one attached hydrogen (secondary N) is 1. The lowest BCUT2D eigenvalue weighted by atomic mass is 9.82. The highest BCUT2D eigenvalue weighted by Crippen LogP contribution is 2.32. The van der Waals surface area contributed by atoms with Crippen molar-refractivity contribution in [2.45, 2.75) is 26.3 Å². The standard InChI is InChI=1S/C15H19N3O2/c1-2-18-13-6-4-3-5-11(13)12(17-18)9-15(14(19)20)7-8-16-10-15/h3-6,16H,2,7-10H2,1H3,(H,19,20). The van der Waals surface area contributed by atoms with Crippen molar-refractivity contribution in [3.05, 3.63) is 30.0 Å². The quantitative estimate of drug-likeness (QED) is 0.889. The minimum Gasteiger partial charge on any atom is -0.481 e. The van der Waals surface area contributed by atoms with Gasteiger partial charge in [0.1, 0.15) is 0 Å². The number of carbonyl (C=O) groups is 1. The molecule has 106 valence electrons. The van der Waals surface area contributed by atoms with Gasteiger partial charge in [0.25, 0.3) is 0 Å². The van der Waals surface area contributed by atoms with Gasteiger partial charge in [-0.15, -0.1) is 0 Å². The summed E-state index contributed by atoms with van der Waals surface area (Å²) in [4.78, 5) is 11.7. The smallest absolute Gasteiger partial charge is 0.311 e. The average molecular weight is 273 g/mol. The molecule has 1 fully saturated rings. The Kier molecular flexibility index (Phi) is 3.22.